The fourth-order valence-corrected chi connectivity index (χ4v) is 3.32. The van der Waals surface area contributed by atoms with Crippen molar-refractivity contribution in [3.05, 3.63) is 28.3 Å². The number of aliphatic hydroxyl groups is 1. The van der Waals surface area contributed by atoms with E-state index in [4.69, 9.17) is 5.11 Å². The van der Waals surface area contributed by atoms with Crippen LogP contribution in [0, 0.1) is 6.92 Å². The monoisotopic (exact) mass is 346 g/mol. The third-order valence-corrected chi connectivity index (χ3v) is 4.67. The molecule has 0 saturated carbocycles. The van der Waals surface area contributed by atoms with Crippen molar-refractivity contribution in [2.75, 3.05) is 6.61 Å². The maximum absolute atomic E-state index is 12.7. The van der Waals surface area contributed by atoms with Gasteiger partial charge in [-0.1, -0.05) is 0 Å². The molecule has 2 heterocycles. The number of nitrogens with zero attached hydrogens (tertiary/aromatic N) is 1. The minimum Gasteiger partial charge on any atom is -0.396 e. The Labute approximate surface area is 135 Å². The van der Waals surface area contributed by atoms with Gasteiger partial charge in [0.1, 0.15) is 10.5 Å². The van der Waals surface area contributed by atoms with Crippen molar-refractivity contribution in [3.63, 3.8) is 0 Å². The number of fused-ring (bicyclic) bond motifs is 1. The lowest BCUT2D eigenvalue weighted by Crippen LogP contribution is -2.32. The van der Waals surface area contributed by atoms with E-state index in [-0.39, 0.29) is 23.4 Å². The lowest BCUT2D eigenvalue weighted by Gasteiger charge is -2.12. The predicted octanol–water partition coefficient (Wildman–Crippen LogP) is 3.51. The number of pyridine rings is 1. The highest BCUT2D eigenvalue weighted by molar-refractivity contribution is 7.20. The van der Waals surface area contributed by atoms with E-state index >= 15 is 0 Å². The van der Waals surface area contributed by atoms with Crippen LogP contribution in [0.1, 0.15) is 40.7 Å². The van der Waals surface area contributed by atoms with Gasteiger partial charge in [-0.05, 0) is 44.4 Å². The Morgan fingerprint density at radius 1 is 1.43 bits per heavy atom. The average molecular weight is 346 g/mol. The van der Waals surface area contributed by atoms with Crippen molar-refractivity contribution >= 4 is 27.5 Å². The summed E-state index contributed by atoms with van der Waals surface area (Å²) in [6, 6.07) is 2.15. The van der Waals surface area contributed by atoms with Crippen LogP contribution in [0.5, 0.6) is 0 Å². The maximum atomic E-state index is 12.7. The molecule has 1 atom stereocenters. The molecule has 2 N–H and O–H groups in total. The SMILES string of the molecule is Cc1c(C(=O)NC(C)CCCO)sc2nc(C(F)(F)F)ccc12. The van der Waals surface area contributed by atoms with Gasteiger partial charge in [0, 0.05) is 18.0 Å². The summed E-state index contributed by atoms with van der Waals surface area (Å²) in [6.45, 7) is 3.56. The second-order valence-electron chi connectivity index (χ2n) is 5.34. The van der Waals surface area contributed by atoms with Gasteiger partial charge in [-0.2, -0.15) is 13.2 Å². The highest BCUT2D eigenvalue weighted by Gasteiger charge is 2.33. The summed E-state index contributed by atoms with van der Waals surface area (Å²) < 4.78 is 38.1. The van der Waals surface area contributed by atoms with E-state index in [0.29, 0.717) is 28.7 Å². The molecule has 1 amide bonds. The lowest BCUT2D eigenvalue weighted by molar-refractivity contribution is -0.140. The van der Waals surface area contributed by atoms with Crippen molar-refractivity contribution in [1.82, 2.24) is 10.3 Å². The molecule has 0 aromatic carbocycles. The van der Waals surface area contributed by atoms with Crippen LogP contribution < -0.4 is 5.32 Å². The molecular formula is C15H17F3N2O2S. The van der Waals surface area contributed by atoms with Gasteiger partial charge in [-0.15, -0.1) is 11.3 Å². The van der Waals surface area contributed by atoms with Crippen LogP contribution in [0.15, 0.2) is 12.1 Å². The summed E-state index contributed by atoms with van der Waals surface area (Å²) in [5, 5.41) is 12.1. The van der Waals surface area contributed by atoms with E-state index in [2.05, 4.69) is 10.3 Å². The number of nitrogens with one attached hydrogen (secondary N) is 1. The second kappa shape index (κ2) is 6.84. The summed E-state index contributed by atoms with van der Waals surface area (Å²) in [5.41, 5.74) is -0.340. The van der Waals surface area contributed by atoms with Crippen LogP contribution in [0.4, 0.5) is 13.2 Å². The molecule has 0 aliphatic carbocycles. The summed E-state index contributed by atoms with van der Waals surface area (Å²) in [5.74, 6) is -0.329. The van der Waals surface area contributed by atoms with E-state index < -0.39 is 11.9 Å². The number of amides is 1. The molecule has 2 aromatic rings. The van der Waals surface area contributed by atoms with Crippen molar-refractivity contribution in [1.29, 1.82) is 0 Å². The quantitative estimate of drug-likeness (QED) is 0.871. The Balaban J connectivity index is 2.27. The number of rotatable bonds is 5. The lowest BCUT2D eigenvalue weighted by atomic mass is 10.1. The Kier molecular flexibility index (Phi) is 5.26. The van der Waals surface area contributed by atoms with E-state index in [9.17, 15) is 18.0 Å². The van der Waals surface area contributed by atoms with E-state index in [0.717, 1.165) is 17.4 Å². The minimum atomic E-state index is -4.51. The summed E-state index contributed by atoms with van der Waals surface area (Å²) in [6.07, 6.45) is -3.31. The molecule has 0 radical (unpaired) electrons. The average Bonchev–Trinajstić information content (AvgIpc) is 2.81. The fraction of sp³-hybridized carbons (Fsp3) is 0.467. The first-order valence-electron chi connectivity index (χ1n) is 7.13. The fourth-order valence-electron chi connectivity index (χ4n) is 2.23. The van der Waals surface area contributed by atoms with Crippen molar-refractivity contribution in [2.24, 2.45) is 0 Å². The van der Waals surface area contributed by atoms with E-state index in [1.807, 2.05) is 6.92 Å². The molecule has 1 unspecified atom stereocenters. The van der Waals surface area contributed by atoms with Crippen LogP contribution in [0.25, 0.3) is 10.2 Å². The number of halogens is 3. The molecule has 0 fully saturated rings. The predicted molar refractivity (Wildman–Crippen MR) is 82.6 cm³/mol. The summed E-state index contributed by atoms with van der Waals surface area (Å²) in [4.78, 5) is 16.5. The van der Waals surface area contributed by atoms with Gasteiger partial charge in [0.05, 0.1) is 4.88 Å². The third-order valence-electron chi connectivity index (χ3n) is 3.47. The van der Waals surface area contributed by atoms with Gasteiger partial charge < -0.3 is 10.4 Å². The molecule has 2 aromatic heterocycles. The number of aromatic nitrogens is 1. The van der Waals surface area contributed by atoms with E-state index in [1.54, 1.807) is 6.92 Å². The topological polar surface area (TPSA) is 62.2 Å². The first-order valence-corrected chi connectivity index (χ1v) is 7.94. The zero-order valence-electron chi connectivity index (χ0n) is 12.7. The minimum absolute atomic E-state index is 0.0479. The van der Waals surface area contributed by atoms with Gasteiger partial charge in [0.2, 0.25) is 0 Å². The molecule has 4 nitrogen and oxygen atoms in total. The van der Waals surface area contributed by atoms with Gasteiger partial charge in [-0.25, -0.2) is 4.98 Å². The van der Waals surface area contributed by atoms with Gasteiger partial charge in [0.15, 0.2) is 0 Å². The van der Waals surface area contributed by atoms with Gasteiger partial charge in [-0.3, -0.25) is 4.79 Å². The molecule has 126 valence electrons. The smallest absolute Gasteiger partial charge is 0.396 e. The molecule has 0 bridgehead atoms. The standard InChI is InChI=1S/C15H17F3N2O2S/c1-8(4-3-7-21)19-13(22)12-9(2)10-5-6-11(15(16,17)18)20-14(10)23-12/h5-6,8,21H,3-4,7H2,1-2H3,(H,19,22). The largest absolute Gasteiger partial charge is 0.433 e. The van der Waals surface area contributed by atoms with Crippen molar-refractivity contribution in [2.45, 2.75) is 38.9 Å². The molecule has 0 saturated heterocycles. The molecule has 2 rings (SSSR count). The maximum Gasteiger partial charge on any atom is 0.433 e. The number of alkyl halides is 3. The number of hydrogen-bond acceptors (Lipinski definition) is 4. The number of carbonyl (C=O) groups is 1. The molecule has 0 spiro atoms. The second-order valence-corrected chi connectivity index (χ2v) is 6.34. The first-order chi connectivity index (χ1) is 10.7. The third kappa shape index (κ3) is 4.00. The van der Waals surface area contributed by atoms with Crippen LogP contribution in [-0.4, -0.2) is 28.6 Å². The number of aliphatic hydroxyl groups excluding tert-OH is 1. The van der Waals surface area contributed by atoms with Crippen molar-refractivity contribution < 1.29 is 23.1 Å². The van der Waals surface area contributed by atoms with Gasteiger partial charge in [0.25, 0.3) is 5.91 Å². The zero-order valence-corrected chi connectivity index (χ0v) is 13.5. The number of hydrogen-bond donors (Lipinski definition) is 2. The normalized spacial score (nSPS) is 13.3. The van der Waals surface area contributed by atoms with Crippen LogP contribution in [0.2, 0.25) is 0 Å². The molecule has 8 heteroatoms. The van der Waals surface area contributed by atoms with Gasteiger partial charge >= 0.3 is 6.18 Å². The molecule has 0 aliphatic heterocycles. The Morgan fingerprint density at radius 3 is 2.74 bits per heavy atom. The highest BCUT2D eigenvalue weighted by Crippen LogP contribution is 2.34. The molecule has 23 heavy (non-hydrogen) atoms. The summed E-state index contributed by atoms with van der Waals surface area (Å²) >= 11 is 0.956. The Bertz CT molecular complexity index is 713. The summed E-state index contributed by atoms with van der Waals surface area (Å²) in [7, 11) is 0. The molecule has 0 aliphatic rings. The first kappa shape index (κ1) is 17.7. The number of aryl methyl sites for hydroxylation is 1. The van der Waals surface area contributed by atoms with Crippen molar-refractivity contribution in [3.8, 4) is 0 Å². The van der Waals surface area contributed by atoms with Crippen LogP contribution >= 0.6 is 11.3 Å². The Morgan fingerprint density at radius 2 is 2.13 bits per heavy atom. The Hall–Kier alpha value is -1.67. The highest BCUT2D eigenvalue weighted by atomic mass is 32.1. The molecular weight excluding hydrogens is 329 g/mol. The number of carbonyl (C=O) groups excluding carboxylic acids is 1. The van der Waals surface area contributed by atoms with Crippen LogP contribution in [0.3, 0.4) is 0 Å². The van der Waals surface area contributed by atoms with E-state index in [1.165, 1.54) is 6.07 Å². The number of thiophene rings is 1. The zero-order chi connectivity index (χ0) is 17.2. The van der Waals surface area contributed by atoms with Crippen LogP contribution in [-0.2, 0) is 6.18 Å².